The molecule has 0 aliphatic rings. The molecule has 0 N–H and O–H groups in total. The predicted molar refractivity (Wildman–Crippen MR) is 57.2 cm³/mol. The van der Waals surface area contributed by atoms with E-state index in [1.807, 2.05) is 0 Å². The minimum atomic E-state index is 0.500. The van der Waals surface area contributed by atoms with Gasteiger partial charge in [-0.15, -0.1) is 0 Å². The molecule has 0 bridgehead atoms. The van der Waals surface area contributed by atoms with E-state index in [4.69, 9.17) is 10.2 Å². The Labute approximate surface area is 85.1 Å². The van der Waals surface area contributed by atoms with Crippen molar-refractivity contribution in [2.75, 3.05) is 21.1 Å². The SMILES string of the molecule is C[N+](C)(C)Cc1ccccc1.[N-]=C=O. The molecule has 0 unspecified atom stereocenters. The summed E-state index contributed by atoms with van der Waals surface area (Å²) in [4.78, 5) is 8.24. The number of quaternary nitrogens is 1. The van der Waals surface area contributed by atoms with Crippen LogP contribution in [0.5, 0.6) is 0 Å². The smallest absolute Gasteiger partial charge is 0.104 e. The van der Waals surface area contributed by atoms with Crippen molar-refractivity contribution in [3.8, 4) is 0 Å². The normalized spacial score (nSPS) is 9.64. The molecule has 1 aromatic carbocycles. The van der Waals surface area contributed by atoms with Gasteiger partial charge in [0.2, 0.25) is 0 Å². The maximum absolute atomic E-state index is 8.24. The minimum absolute atomic E-state index is 0.500. The molecule has 0 heterocycles. The van der Waals surface area contributed by atoms with Gasteiger partial charge in [0.15, 0.2) is 0 Å². The first-order chi connectivity index (χ1) is 6.49. The van der Waals surface area contributed by atoms with Crippen LogP contribution < -0.4 is 0 Å². The quantitative estimate of drug-likeness (QED) is 0.400. The van der Waals surface area contributed by atoms with Crippen LogP contribution in [0.4, 0.5) is 0 Å². The molecule has 0 atom stereocenters. The highest BCUT2D eigenvalue weighted by Gasteiger charge is 2.06. The van der Waals surface area contributed by atoms with Crippen LogP contribution in [0, 0.1) is 0 Å². The van der Waals surface area contributed by atoms with Crippen LogP contribution in [-0.2, 0) is 11.3 Å². The second kappa shape index (κ2) is 6.08. The Bertz CT molecular complexity index is 282. The van der Waals surface area contributed by atoms with Gasteiger partial charge in [-0.25, -0.2) is 0 Å². The van der Waals surface area contributed by atoms with Crippen LogP contribution in [0.3, 0.4) is 0 Å². The Morgan fingerprint density at radius 1 is 1.21 bits per heavy atom. The molecule has 0 aliphatic heterocycles. The van der Waals surface area contributed by atoms with Gasteiger partial charge in [-0.1, -0.05) is 30.3 Å². The molecule has 0 radical (unpaired) electrons. The van der Waals surface area contributed by atoms with Crippen molar-refractivity contribution in [1.82, 2.24) is 0 Å². The van der Waals surface area contributed by atoms with Crippen LogP contribution in [0.1, 0.15) is 5.56 Å². The topological polar surface area (TPSA) is 39.4 Å². The van der Waals surface area contributed by atoms with Gasteiger partial charge in [-0.3, -0.25) is 4.79 Å². The summed E-state index contributed by atoms with van der Waals surface area (Å²) in [6, 6.07) is 10.6. The van der Waals surface area contributed by atoms with Crippen molar-refractivity contribution in [2.24, 2.45) is 0 Å². The van der Waals surface area contributed by atoms with Gasteiger partial charge in [-0.05, 0) is 6.08 Å². The Balaban J connectivity index is 0.000000500. The van der Waals surface area contributed by atoms with Gasteiger partial charge in [0.05, 0.1) is 21.1 Å². The lowest BCUT2D eigenvalue weighted by atomic mass is 10.2. The van der Waals surface area contributed by atoms with Crippen molar-refractivity contribution < 1.29 is 9.28 Å². The monoisotopic (exact) mass is 192 g/mol. The summed E-state index contributed by atoms with van der Waals surface area (Å²) in [5.41, 5.74) is 1.40. The van der Waals surface area contributed by atoms with E-state index in [1.54, 1.807) is 0 Å². The highest BCUT2D eigenvalue weighted by molar-refractivity contribution is 5.36. The third kappa shape index (κ3) is 7.22. The standard InChI is InChI=1S/C10H16N.CNO/c1-11(2,3)9-10-7-5-4-6-8-10;2-1-3/h4-8H,9H2,1-3H3;/q+1;-1. The number of isocyanates is 1. The first-order valence-corrected chi connectivity index (χ1v) is 4.35. The Kier molecular flexibility index (Phi) is 5.46. The largest absolute Gasteiger partial charge is 0.724 e. The molecular formula is C11H16N2O. The second-order valence-electron chi connectivity index (χ2n) is 4.03. The second-order valence-corrected chi connectivity index (χ2v) is 4.03. The molecule has 76 valence electrons. The van der Waals surface area contributed by atoms with Crippen molar-refractivity contribution in [3.63, 3.8) is 0 Å². The van der Waals surface area contributed by atoms with Crippen LogP contribution in [0.2, 0.25) is 0 Å². The molecule has 0 saturated heterocycles. The third-order valence-electron chi connectivity index (χ3n) is 1.50. The fourth-order valence-corrected chi connectivity index (χ4v) is 1.13. The zero-order chi connectivity index (χ0) is 11.0. The fraction of sp³-hybridized carbons (Fsp3) is 0.364. The van der Waals surface area contributed by atoms with E-state index in [0.717, 1.165) is 11.0 Å². The maximum atomic E-state index is 8.24. The van der Waals surface area contributed by atoms with Crippen molar-refractivity contribution in [3.05, 3.63) is 41.3 Å². The molecular weight excluding hydrogens is 176 g/mol. The van der Waals surface area contributed by atoms with E-state index in [0.29, 0.717) is 6.08 Å². The summed E-state index contributed by atoms with van der Waals surface area (Å²) in [6.45, 7) is 1.10. The van der Waals surface area contributed by atoms with Gasteiger partial charge in [0.1, 0.15) is 6.54 Å². The van der Waals surface area contributed by atoms with Crippen LogP contribution in [0.15, 0.2) is 30.3 Å². The first kappa shape index (κ1) is 12.6. The molecule has 0 amide bonds. The number of hydrogen-bond donors (Lipinski definition) is 0. The summed E-state index contributed by atoms with van der Waals surface area (Å²) in [5.74, 6) is 0. The number of hydrogen-bond acceptors (Lipinski definition) is 1. The molecule has 1 aromatic rings. The van der Waals surface area contributed by atoms with E-state index in [9.17, 15) is 0 Å². The predicted octanol–water partition coefficient (Wildman–Crippen LogP) is 1.78. The minimum Gasteiger partial charge on any atom is -0.724 e. The average molecular weight is 192 g/mol. The Hall–Kier alpha value is -1.44. The molecule has 0 spiro atoms. The highest BCUT2D eigenvalue weighted by Crippen LogP contribution is 2.04. The van der Waals surface area contributed by atoms with Gasteiger partial charge < -0.3 is 9.89 Å². The van der Waals surface area contributed by atoms with E-state index >= 15 is 0 Å². The van der Waals surface area contributed by atoms with Crippen LogP contribution >= 0.6 is 0 Å². The van der Waals surface area contributed by atoms with Gasteiger partial charge in [0.25, 0.3) is 0 Å². The van der Waals surface area contributed by atoms with E-state index in [2.05, 4.69) is 51.5 Å². The molecule has 0 aromatic heterocycles. The molecule has 1 rings (SSSR count). The first-order valence-electron chi connectivity index (χ1n) is 4.35. The molecule has 0 fully saturated rings. The van der Waals surface area contributed by atoms with Gasteiger partial charge in [0, 0.05) is 5.56 Å². The molecule has 0 aliphatic carbocycles. The van der Waals surface area contributed by atoms with Crippen molar-refractivity contribution in [2.45, 2.75) is 6.54 Å². The lowest BCUT2D eigenvalue weighted by Crippen LogP contribution is -2.33. The van der Waals surface area contributed by atoms with Crippen LogP contribution in [-0.4, -0.2) is 31.7 Å². The van der Waals surface area contributed by atoms with Gasteiger partial charge >= 0.3 is 0 Å². The summed E-state index contributed by atoms with van der Waals surface area (Å²) >= 11 is 0. The van der Waals surface area contributed by atoms with Crippen LogP contribution in [0.25, 0.3) is 5.41 Å². The molecule has 14 heavy (non-hydrogen) atoms. The lowest BCUT2D eigenvalue weighted by Gasteiger charge is -2.23. The molecule has 0 saturated carbocycles. The van der Waals surface area contributed by atoms with Crippen molar-refractivity contribution >= 4 is 6.08 Å². The fourth-order valence-electron chi connectivity index (χ4n) is 1.13. The highest BCUT2D eigenvalue weighted by atomic mass is 16.1. The zero-order valence-electron chi connectivity index (χ0n) is 8.90. The summed E-state index contributed by atoms with van der Waals surface area (Å²) in [5, 5.41) is 6.76. The maximum Gasteiger partial charge on any atom is 0.104 e. The molecule has 3 nitrogen and oxygen atoms in total. The number of nitrogens with zero attached hydrogens (tertiary/aromatic N) is 2. The lowest BCUT2D eigenvalue weighted by molar-refractivity contribution is -0.884. The third-order valence-corrected chi connectivity index (χ3v) is 1.50. The Morgan fingerprint density at radius 2 is 1.64 bits per heavy atom. The average Bonchev–Trinajstić information content (AvgIpc) is 2.04. The summed E-state index contributed by atoms with van der Waals surface area (Å²) < 4.78 is 0.990. The van der Waals surface area contributed by atoms with E-state index < -0.39 is 0 Å². The van der Waals surface area contributed by atoms with Gasteiger partial charge in [-0.2, -0.15) is 0 Å². The van der Waals surface area contributed by atoms with E-state index in [1.165, 1.54) is 5.56 Å². The summed E-state index contributed by atoms with van der Waals surface area (Å²) in [6.07, 6.45) is 0.500. The Morgan fingerprint density at radius 3 is 2.00 bits per heavy atom. The number of carbonyl (C=O) groups excluding carboxylic acids is 1. The summed E-state index contributed by atoms with van der Waals surface area (Å²) in [7, 11) is 6.60. The number of rotatable bonds is 2. The zero-order valence-corrected chi connectivity index (χ0v) is 8.90. The number of benzene rings is 1. The van der Waals surface area contributed by atoms with E-state index in [-0.39, 0.29) is 0 Å². The van der Waals surface area contributed by atoms with Crippen molar-refractivity contribution in [1.29, 1.82) is 0 Å². The molecule has 3 heteroatoms.